The number of pyridine rings is 1. The lowest BCUT2D eigenvalue weighted by atomic mass is 9.90. The highest BCUT2D eigenvalue weighted by atomic mass is 16.5. The van der Waals surface area contributed by atoms with Crippen molar-refractivity contribution in [3.63, 3.8) is 0 Å². The van der Waals surface area contributed by atoms with Crippen molar-refractivity contribution in [3.8, 4) is 0 Å². The Morgan fingerprint density at radius 2 is 1.85 bits per heavy atom. The highest BCUT2D eigenvalue weighted by molar-refractivity contribution is 6.04. The molecule has 1 aliphatic rings. The molecule has 4 nitrogen and oxygen atoms in total. The first-order chi connectivity index (χ1) is 9.74. The zero-order chi connectivity index (χ0) is 13.9. The average molecular weight is 268 g/mol. The fourth-order valence-electron chi connectivity index (χ4n) is 2.66. The quantitative estimate of drug-likeness (QED) is 0.672. The van der Waals surface area contributed by atoms with Gasteiger partial charge in [0, 0.05) is 17.8 Å². The van der Waals surface area contributed by atoms with Gasteiger partial charge in [0.2, 0.25) is 0 Å². The number of hydrogen-bond acceptors (Lipinski definition) is 2. The van der Waals surface area contributed by atoms with E-state index in [4.69, 9.17) is 0 Å². The van der Waals surface area contributed by atoms with Crippen molar-refractivity contribution in [1.82, 2.24) is 0 Å². The molecule has 102 valence electrons. The Balaban J connectivity index is 1.84. The highest BCUT2D eigenvalue weighted by Gasteiger charge is 2.15. The van der Waals surface area contributed by atoms with Crippen molar-refractivity contribution in [1.29, 1.82) is 0 Å². The molecule has 4 heteroatoms. The van der Waals surface area contributed by atoms with Crippen LogP contribution >= 0.6 is 0 Å². The molecular formula is C16H16N2O2. The maximum Gasteiger partial charge on any atom is 0.256 e. The minimum atomic E-state index is -0.176. The maximum absolute atomic E-state index is 12.2. The van der Waals surface area contributed by atoms with E-state index in [1.165, 1.54) is 48.5 Å². The van der Waals surface area contributed by atoms with E-state index in [0.717, 1.165) is 18.5 Å². The van der Waals surface area contributed by atoms with Crippen LogP contribution in [0, 0.1) is 5.21 Å². The normalized spacial score (nSPS) is 13.6. The van der Waals surface area contributed by atoms with Gasteiger partial charge in [-0.05, 0) is 42.9 Å². The molecule has 0 radical (unpaired) electrons. The number of benzene rings is 1. The van der Waals surface area contributed by atoms with Gasteiger partial charge in [-0.25, -0.2) is 0 Å². The molecule has 0 atom stereocenters. The lowest BCUT2D eigenvalue weighted by Crippen LogP contribution is -2.25. The Hall–Kier alpha value is -2.36. The fraction of sp³-hybridized carbons (Fsp3) is 0.250. The van der Waals surface area contributed by atoms with Crippen molar-refractivity contribution >= 4 is 11.6 Å². The molecule has 0 bridgehead atoms. The SMILES string of the molecule is O=C(Nc1cccc2c1CCCC2)c1cc[n+]([O-])cc1. The number of rotatable bonds is 2. The number of nitrogens with zero attached hydrogens (tertiary/aromatic N) is 1. The third kappa shape index (κ3) is 2.50. The van der Waals surface area contributed by atoms with E-state index >= 15 is 0 Å². The van der Waals surface area contributed by atoms with Crippen molar-refractivity contribution in [2.75, 3.05) is 5.32 Å². The summed E-state index contributed by atoms with van der Waals surface area (Å²) in [5.41, 5.74) is 3.97. The van der Waals surface area contributed by atoms with Crippen molar-refractivity contribution in [2.45, 2.75) is 25.7 Å². The molecule has 1 N–H and O–H groups in total. The zero-order valence-electron chi connectivity index (χ0n) is 11.1. The van der Waals surface area contributed by atoms with Crippen LogP contribution in [0.2, 0.25) is 0 Å². The molecule has 0 fully saturated rings. The van der Waals surface area contributed by atoms with Gasteiger partial charge in [0.05, 0.1) is 5.56 Å². The molecule has 0 saturated heterocycles. The Morgan fingerprint density at radius 3 is 2.65 bits per heavy atom. The van der Waals surface area contributed by atoms with Crippen molar-refractivity contribution in [3.05, 3.63) is 64.6 Å². The van der Waals surface area contributed by atoms with Gasteiger partial charge in [-0.1, -0.05) is 12.1 Å². The molecule has 1 heterocycles. The number of hydrogen-bond donors (Lipinski definition) is 1. The van der Waals surface area contributed by atoms with E-state index in [1.807, 2.05) is 12.1 Å². The van der Waals surface area contributed by atoms with E-state index < -0.39 is 0 Å². The van der Waals surface area contributed by atoms with Gasteiger partial charge in [-0.15, -0.1) is 0 Å². The van der Waals surface area contributed by atoms with Crippen LogP contribution in [0.4, 0.5) is 5.69 Å². The summed E-state index contributed by atoms with van der Waals surface area (Å²) in [5, 5.41) is 13.9. The number of amides is 1. The first-order valence-electron chi connectivity index (χ1n) is 6.85. The maximum atomic E-state index is 12.2. The fourth-order valence-corrected chi connectivity index (χ4v) is 2.66. The summed E-state index contributed by atoms with van der Waals surface area (Å²) >= 11 is 0. The molecule has 1 aromatic heterocycles. The molecule has 0 spiro atoms. The standard InChI is InChI=1S/C16H16N2O2/c19-16(13-8-10-18(20)11-9-13)17-15-7-3-5-12-4-1-2-6-14(12)15/h3,5,7-11H,1-2,4,6H2,(H,17,19). The summed E-state index contributed by atoms with van der Waals surface area (Å²) in [7, 11) is 0. The number of fused-ring (bicyclic) bond motifs is 1. The molecule has 1 amide bonds. The van der Waals surface area contributed by atoms with Gasteiger partial charge in [0.1, 0.15) is 0 Å². The van der Waals surface area contributed by atoms with Gasteiger partial charge in [0.15, 0.2) is 12.4 Å². The van der Waals surface area contributed by atoms with E-state index in [0.29, 0.717) is 10.3 Å². The summed E-state index contributed by atoms with van der Waals surface area (Å²) in [5.74, 6) is -0.176. The number of carbonyl (C=O) groups excluding carboxylic acids is 1. The number of anilines is 1. The van der Waals surface area contributed by atoms with Crippen LogP contribution in [0.1, 0.15) is 34.3 Å². The van der Waals surface area contributed by atoms with Crippen molar-refractivity contribution < 1.29 is 9.52 Å². The Bertz CT molecular complexity index is 635. The Labute approximate surface area is 117 Å². The van der Waals surface area contributed by atoms with Crippen LogP contribution in [-0.4, -0.2) is 5.91 Å². The summed E-state index contributed by atoms with van der Waals surface area (Å²) in [6.07, 6.45) is 7.14. The predicted molar refractivity (Wildman–Crippen MR) is 76.4 cm³/mol. The predicted octanol–water partition coefficient (Wildman–Crippen LogP) is 2.45. The van der Waals surface area contributed by atoms with E-state index in [-0.39, 0.29) is 5.91 Å². The lowest BCUT2D eigenvalue weighted by molar-refractivity contribution is -0.605. The summed E-state index contributed by atoms with van der Waals surface area (Å²) in [6.45, 7) is 0. The van der Waals surface area contributed by atoms with E-state index in [2.05, 4.69) is 11.4 Å². The third-order valence-electron chi connectivity index (χ3n) is 3.71. The van der Waals surface area contributed by atoms with Gasteiger partial charge in [-0.3, -0.25) is 4.79 Å². The molecule has 1 aliphatic carbocycles. The van der Waals surface area contributed by atoms with Crippen molar-refractivity contribution in [2.24, 2.45) is 0 Å². The Kier molecular flexibility index (Phi) is 3.37. The smallest absolute Gasteiger partial charge is 0.256 e. The summed E-state index contributed by atoms with van der Waals surface area (Å²) in [6, 6.07) is 9.11. The minimum Gasteiger partial charge on any atom is -0.619 e. The van der Waals surface area contributed by atoms with Gasteiger partial charge in [0.25, 0.3) is 5.91 Å². The second-order valence-electron chi connectivity index (χ2n) is 5.05. The van der Waals surface area contributed by atoms with E-state index in [9.17, 15) is 10.0 Å². The molecule has 1 aromatic carbocycles. The second-order valence-corrected chi connectivity index (χ2v) is 5.05. The van der Waals surface area contributed by atoms with Gasteiger partial charge < -0.3 is 10.5 Å². The average Bonchev–Trinajstić information content (AvgIpc) is 2.48. The Morgan fingerprint density at radius 1 is 1.10 bits per heavy atom. The molecular weight excluding hydrogens is 252 g/mol. The first-order valence-corrected chi connectivity index (χ1v) is 6.85. The number of aromatic nitrogens is 1. The molecule has 20 heavy (non-hydrogen) atoms. The third-order valence-corrected chi connectivity index (χ3v) is 3.71. The van der Waals surface area contributed by atoms with Crippen LogP contribution < -0.4 is 10.0 Å². The van der Waals surface area contributed by atoms with Crippen LogP contribution in [-0.2, 0) is 12.8 Å². The van der Waals surface area contributed by atoms with Crippen LogP contribution in [0.15, 0.2) is 42.7 Å². The number of aryl methyl sites for hydroxylation is 1. The van der Waals surface area contributed by atoms with Crippen LogP contribution in [0.25, 0.3) is 0 Å². The second kappa shape index (κ2) is 5.33. The lowest BCUT2D eigenvalue weighted by Gasteiger charge is -2.19. The van der Waals surface area contributed by atoms with Crippen LogP contribution in [0.5, 0.6) is 0 Å². The monoisotopic (exact) mass is 268 g/mol. The zero-order valence-corrected chi connectivity index (χ0v) is 11.1. The topological polar surface area (TPSA) is 56.0 Å². The first kappa shape index (κ1) is 12.7. The van der Waals surface area contributed by atoms with Gasteiger partial charge >= 0.3 is 0 Å². The number of carbonyl (C=O) groups is 1. The molecule has 0 aliphatic heterocycles. The van der Waals surface area contributed by atoms with Crippen LogP contribution in [0.3, 0.4) is 0 Å². The minimum absolute atomic E-state index is 0.176. The molecule has 0 unspecified atom stereocenters. The summed E-state index contributed by atoms with van der Waals surface area (Å²) in [4.78, 5) is 12.2. The molecule has 0 saturated carbocycles. The molecule has 2 aromatic rings. The summed E-state index contributed by atoms with van der Waals surface area (Å²) < 4.78 is 0.668. The highest BCUT2D eigenvalue weighted by Crippen LogP contribution is 2.28. The number of nitrogens with one attached hydrogen (secondary N) is 1. The molecule has 3 rings (SSSR count). The van der Waals surface area contributed by atoms with Gasteiger partial charge in [-0.2, -0.15) is 4.73 Å². The van der Waals surface area contributed by atoms with E-state index in [1.54, 1.807) is 0 Å². The largest absolute Gasteiger partial charge is 0.619 e.